The number of hydrogen-bond donors (Lipinski definition) is 0. The monoisotopic (exact) mass is 332 g/mol. The van der Waals surface area contributed by atoms with Gasteiger partial charge in [-0.1, -0.05) is 36.4 Å². The van der Waals surface area contributed by atoms with Crippen molar-refractivity contribution in [2.75, 3.05) is 4.90 Å². The zero-order chi connectivity index (χ0) is 17.9. The Labute approximate surface area is 147 Å². The summed E-state index contributed by atoms with van der Waals surface area (Å²) in [5, 5.41) is 0. The predicted molar refractivity (Wildman–Crippen MR) is 98.1 cm³/mol. The molecule has 0 bridgehead atoms. The zero-order valence-electron chi connectivity index (χ0n) is 14.8. The Morgan fingerprint density at radius 3 is 2.08 bits per heavy atom. The number of para-hydroxylation sites is 1. The van der Waals surface area contributed by atoms with Gasteiger partial charge in [-0.25, -0.2) is 0 Å². The van der Waals surface area contributed by atoms with Crippen LogP contribution >= 0.6 is 0 Å². The van der Waals surface area contributed by atoms with Gasteiger partial charge in [0.15, 0.2) is 0 Å². The SMILES string of the molecule is CC1=C2c3ccccc3C(=O)N2C(C)C(=O)N1c1c(C)cccc1C. The number of fused-ring (bicyclic) bond motifs is 3. The number of nitrogens with zero attached hydrogens (tertiary/aromatic N) is 2. The van der Waals surface area contributed by atoms with Crippen LogP contribution in [-0.4, -0.2) is 22.8 Å². The highest BCUT2D eigenvalue weighted by Crippen LogP contribution is 2.43. The van der Waals surface area contributed by atoms with E-state index in [4.69, 9.17) is 0 Å². The van der Waals surface area contributed by atoms with Crippen molar-refractivity contribution in [3.63, 3.8) is 0 Å². The summed E-state index contributed by atoms with van der Waals surface area (Å²) in [5.41, 5.74) is 6.23. The fourth-order valence-corrected chi connectivity index (χ4v) is 3.98. The molecule has 1 unspecified atom stereocenters. The van der Waals surface area contributed by atoms with Crippen molar-refractivity contribution in [1.29, 1.82) is 0 Å². The second-order valence-corrected chi connectivity index (χ2v) is 6.74. The van der Waals surface area contributed by atoms with Crippen molar-refractivity contribution in [1.82, 2.24) is 4.90 Å². The average molecular weight is 332 g/mol. The van der Waals surface area contributed by atoms with Crippen LogP contribution in [0.3, 0.4) is 0 Å². The minimum absolute atomic E-state index is 0.0696. The summed E-state index contributed by atoms with van der Waals surface area (Å²) >= 11 is 0. The van der Waals surface area contributed by atoms with Gasteiger partial charge in [-0.3, -0.25) is 19.4 Å². The van der Waals surface area contributed by atoms with Crippen LogP contribution in [0, 0.1) is 13.8 Å². The molecule has 0 radical (unpaired) electrons. The average Bonchev–Trinajstić information content (AvgIpc) is 2.89. The molecule has 126 valence electrons. The molecule has 25 heavy (non-hydrogen) atoms. The smallest absolute Gasteiger partial charge is 0.259 e. The van der Waals surface area contributed by atoms with Gasteiger partial charge in [0.05, 0.1) is 11.4 Å². The molecule has 2 heterocycles. The Kier molecular flexibility index (Phi) is 3.32. The Bertz CT molecular complexity index is 938. The van der Waals surface area contributed by atoms with Crippen molar-refractivity contribution in [3.8, 4) is 0 Å². The molecule has 2 aromatic carbocycles. The highest BCUT2D eigenvalue weighted by molar-refractivity contribution is 6.17. The summed E-state index contributed by atoms with van der Waals surface area (Å²) in [6.07, 6.45) is 0. The van der Waals surface area contributed by atoms with Crippen molar-refractivity contribution < 1.29 is 9.59 Å². The summed E-state index contributed by atoms with van der Waals surface area (Å²) in [6.45, 7) is 7.75. The number of rotatable bonds is 1. The maximum Gasteiger partial charge on any atom is 0.259 e. The number of hydrogen-bond acceptors (Lipinski definition) is 2. The van der Waals surface area contributed by atoms with Crippen LogP contribution in [0.5, 0.6) is 0 Å². The van der Waals surface area contributed by atoms with E-state index < -0.39 is 6.04 Å². The summed E-state index contributed by atoms with van der Waals surface area (Å²) in [5.74, 6) is -0.160. The number of benzene rings is 2. The van der Waals surface area contributed by atoms with E-state index >= 15 is 0 Å². The third-order valence-electron chi connectivity index (χ3n) is 5.18. The van der Waals surface area contributed by atoms with Crippen LogP contribution in [0.15, 0.2) is 48.2 Å². The van der Waals surface area contributed by atoms with Gasteiger partial charge in [0.25, 0.3) is 11.8 Å². The van der Waals surface area contributed by atoms with Crippen molar-refractivity contribution in [3.05, 3.63) is 70.4 Å². The molecule has 1 atom stereocenters. The summed E-state index contributed by atoms with van der Waals surface area (Å²) in [4.78, 5) is 29.4. The molecular formula is C21H20N2O2. The lowest BCUT2D eigenvalue weighted by Gasteiger charge is -2.39. The standard InChI is InChI=1S/C21H20N2O2/c1-12-8-7-9-13(2)18(12)22-14(3)19-16-10-5-6-11-17(16)21(25)23(19)15(4)20(22)24/h5-11,15H,1-4H3. The zero-order valence-corrected chi connectivity index (χ0v) is 14.8. The van der Waals surface area contributed by atoms with Gasteiger partial charge in [0.1, 0.15) is 6.04 Å². The van der Waals surface area contributed by atoms with Gasteiger partial charge in [-0.2, -0.15) is 0 Å². The molecule has 0 N–H and O–H groups in total. The van der Waals surface area contributed by atoms with Crippen LogP contribution in [0.25, 0.3) is 5.70 Å². The predicted octanol–water partition coefficient (Wildman–Crippen LogP) is 3.88. The number of allylic oxidation sites excluding steroid dienone is 1. The van der Waals surface area contributed by atoms with Crippen LogP contribution in [-0.2, 0) is 4.79 Å². The second kappa shape index (κ2) is 5.31. The molecule has 4 rings (SSSR count). The van der Waals surface area contributed by atoms with E-state index in [9.17, 15) is 9.59 Å². The molecular weight excluding hydrogens is 312 g/mol. The van der Waals surface area contributed by atoms with Gasteiger partial charge < -0.3 is 0 Å². The fraction of sp³-hybridized carbons (Fsp3) is 0.238. The van der Waals surface area contributed by atoms with E-state index in [2.05, 4.69) is 0 Å². The van der Waals surface area contributed by atoms with E-state index in [-0.39, 0.29) is 11.8 Å². The third-order valence-corrected chi connectivity index (χ3v) is 5.18. The third kappa shape index (κ3) is 2.00. The lowest BCUT2D eigenvalue weighted by atomic mass is 10.0. The lowest BCUT2D eigenvalue weighted by molar-refractivity contribution is -0.121. The van der Waals surface area contributed by atoms with Gasteiger partial charge in [0.2, 0.25) is 0 Å². The molecule has 0 spiro atoms. The van der Waals surface area contributed by atoms with E-state index in [1.807, 2.05) is 63.2 Å². The highest BCUT2D eigenvalue weighted by atomic mass is 16.2. The summed E-state index contributed by atoms with van der Waals surface area (Å²) < 4.78 is 0. The van der Waals surface area contributed by atoms with E-state index in [1.54, 1.807) is 16.7 Å². The van der Waals surface area contributed by atoms with Crippen molar-refractivity contribution >= 4 is 23.2 Å². The molecule has 0 fully saturated rings. The number of carbonyl (C=O) groups excluding carboxylic acids is 2. The number of carbonyl (C=O) groups is 2. The number of amides is 2. The molecule has 0 aliphatic carbocycles. The number of anilines is 1. The van der Waals surface area contributed by atoms with Crippen LogP contribution in [0.1, 0.15) is 40.9 Å². The van der Waals surface area contributed by atoms with Crippen LogP contribution in [0.2, 0.25) is 0 Å². The molecule has 0 saturated carbocycles. The normalized spacial score (nSPS) is 19.4. The Hall–Kier alpha value is -2.88. The van der Waals surface area contributed by atoms with Crippen molar-refractivity contribution in [2.45, 2.75) is 33.7 Å². The first kappa shape index (κ1) is 15.6. The van der Waals surface area contributed by atoms with Crippen LogP contribution < -0.4 is 4.90 Å². The first-order chi connectivity index (χ1) is 11.9. The summed E-state index contributed by atoms with van der Waals surface area (Å²) in [7, 11) is 0. The van der Waals surface area contributed by atoms with E-state index in [1.165, 1.54) is 0 Å². The maximum atomic E-state index is 13.2. The Balaban J connectivity index is 2.01. The first-order valence-electron chi connectivity index (χ1n) is 8.47. The molecule has 0 saturated heterocycles. The lowest BCUT2D eigenvalue weighted by Crippen LogP contribution is -2.51. The van der Waals surface area contributed by atoms with Gasteiger partial charge in [-0.15, -0.1) is 0 Å². The van der Waals surface area contributed by atoms with E-state index in [0.29, 0.717) is 5.56 Å². The first-order valence-corrected chi connectivity index (χ1v) is 8.47. The molecule has 2 aromatic rings. The largest absolute Gasteiger partial charge is 0.294 e. The Morgan fingerprint density at radius 1 is 0.840 bits per heavy atom. The van der Waals surface area contributed by atoms with Gasteiger partial charge >= 0.3 is 0 Å². The van der Waals surface area contributed by atoms with Gasteiger partial charge in [0, 0.05) is 16.8 Å². The van der Waals surface area contributed by atoms with Crippen molar-refractivity contribution in [2.24, 2.45) is 0 Å². The maximum absolute atomic E-state index is 13.2. The molecule has 0 aromatic heterocycles. The highest BCUT2D eigenvalue weighted by Gasteiger charge is 2.45. The topological polar surface area (TPSA) is 40.6 Å². The molecule has 2 aliphatic heterocycles. The second-order valence-electron chi connectivity index (χ2n) is 6.74. The molecule has 4 nitrogen and oxygen atoms in total. The minimum Gasteiger partial charge on any atom is -0.294 e. The minimum atomic E-state index is -0.530. The fourth-order valence-electron chi connectivity index (χ4n) is 3.98. The van der Waals surface area contributed by atoms with E-state index in [0.717, 1.165) is 33.8 Å². The molecule has 2 amide bonds. The molecule has 4 heteroatoms. The van der Waals surface area contributed by atoms with Gasteiger partial charge in [-0.05, 0) is 44.9 Å². The Morgan fingerprint density at radius 2 is 1.44 bits per heavy atom. The number of aryl methyl sites for hydroxylation is 2. The molecule has 2 aliphatic rings. The quantitative estimate of drug-likeness (QED) is 0.795. The summed E-state index contributed by atoms with van der Waals surface area (Å²) in [6, 6.07) is 13.1. The van der Waals surface area contributed by atoms with Crippen LogP contribution in [0.4, 0.5) is 5.69 Å².